The minimum Gasteiger partial charge on any atom is -0.456 e. The number of furan rings is 1. The lowest BCUT2D eigenvalue weighted by Crippen LogP contribution is -2.40. The van der Waals surface area contributed by atoms with E-state index < -0.39 is 22.0 Å². The van der Waals surface area contributed by atoms with Crippen LogP contribution in [0.2, 0.25) is 0 Å². The zero-order valence-corrected chi connectivity index (χ0v) is 16.7. The lowest BCUT2D eigenvalue weighted by atomic mass is 10.1. The number of nitro groups is 1. The van der Waals surface area contributed by atoms with Crippen molar-refractivity contribution in [2.45, 2.75) is 19.9 Å². The van der Waals surface area contributed by atoms with E-state index in [9.17, 15) is 24.5 Å². The summed E-state index contributed by atoms with van der Waals surface area (Å²) in [5.41, 5.74) is -1.02. The molecule has 0 amide bonds. The first kappa shape index (κ1) is 20.1. The monoisotopic (exact) mass is 422 g/mol. The van der Waals surface area contributed by atoms with Gasteiger partial charge < -0.3 is 9.73 Å². The number of nitrogens with one attached hydrogen (secondary N) is 1. The molecule has 1 aliphatic rings. The van der Waals surface area contributed by atoms with Gasteiger partial charge in [0.2, 0.25) is 5.78 Å². The second-order valence-electron chi connectivity index (χ2n) is 7.01. The Morgan fingerprint density at radius 1 is 1.16 bits per heavy atom. The molecule has 0 spiro atoms. The van der Waals surface area contributed by atoms with Crippen LogP contribution in [0.4, 0.5) is 11.5 Å². The van der Waals surface area contributed by atoms with Crippen molar-refractivity contribution in [3.05, 3.63) is 84.4 Å². The number of aromatic nitrogens is 2. The van der Waals surface area contributed by atoms with Crippen LogP contribution < -0.4 is 16.6 Å². The molecule has 3 heterocycles. The molecule has 0 fully saturated rings. The Hall–Kier alpha value is -4.21. The molecule has 0 bridgehead atoms. The van der Waals surface area contributed by atoms with Crippen molar-refractivity contribution < 1.29 is 14.1 Å². The Bertz CT molecular complexity index is 1380. The van der Waals surface area contributed by atoms with Crippen LogP contribution in [-0.4, -0.2) is 19.8 Å². The molecule has 10 heteroatoms. The molecule has 1 N–H and O–H groups in total. The maximum absolute atomic E-state index is 12.9. The van der Waals surface area contributed by atoms with Crippen LogP contribution in [-0.2, 0) is 13.6 Å². The van der Waals surface area contributed by atoms with Gasteiger partial charge in [-0.05, 0) is 24.6 Å². The van der Waals surface area contributed by atoms with Gasteiger partial charge in [-0.3, -0.25) is 28.8 Å². The minimum absolute atomic E-state index is 0.0750. The second-order valence-corrected chi connectivity index (χ2v) is 7.01. The molecule has 0 unspecified atom stereocenters. The molecule has 4 rings (SSSR count). The van der Waals surface area contributed by atoms with Gasteiger partial charge in [0.15, 0.2) is 0 Å². The predicted octanol–water partition coefficient (Wildman–Crippen LogP) is 2.77. The zero-order valence-electron chi connectivity index (χ0n) is 16.7. The van der Waals surface area contributed by atoms with Crippen molar-refractivity contribution in [3.63, 3.8) is 0 Å². The summed E-state index contributed by atoms with van der Waals surface area (Å²) in [6.45, 7) is 2.22. The number of rotatable bonds is 5. The summed E-state index contributed by atoms with van der Waals surface area (Å²) in [6, 6.07) is 9.28. The molecular formula is C21H18N4O6. The lowest BCUT2D eigenvalue weighted by molar-refractivity contribution is -0.384. The van der Waals surface area contributed by atoms with E-state index in [-0.39, 0.29) is 34.3 Å². The molecule has 3 aromatic rings. The molecule has 0 aliphatic carbocycles. The van der Waals surface area contributed by atoms with E-state index in [2.05, 4.69) is 5.32 Å². The van der Waals surface area contributed by atoms with Crippen LogP contribution in [0, 0.1) is 10.1 Å². The fourth-order valence-electron chi connectivity index (χ4n) is 3.51. The first-order valence-corrected chi connectivity index (χ1v) is 9.54. The first-order valence-electron chi connectivity index (χ1n) is 9.54. The largest absolute Gasteiger partial charge is 0.456 e. The summed E-state index contributed by atoms with van der Waals surface area (Å²) in [7, 11) is 1.33. The Morgan fingerprint density at radius 3 is 2.61 bits per heavy atom. The summed E-state index contributed by atoms with van der Waals surface area (Å²) >= 11 is 0. The number of benzene rings is 1. The molecule has 1 aromatic carbocycles. The summed E-state index contributed by atoms with van der Waals surface area (Å²) in [4.78, 5) is 48.6. The fourth-order valence-corrected chi connectivity index (χ4v) is 3.51. The molecular weight excluding hydrogens is 404 g/mol. The highest BCUT2D eigenvalue weighted by atomic mass is 16.6. The van der Waals surface area contributed by atoms with Gasteiger partial charge in [-0.2, -0.15) is 0 Å². The number of nitrogens with zero attached hydrogens (tertiary/aromatic N) is 3. The number of hydrogen-bond donors (Lipinski definition) is 1. The normalized spacial score (nSPS) is 14.0. The molecule has 2 aromatic heterocycles. The van der Waals surface area contributed by atoms with Gasteiger partial charge in [0.1, 0.15) is 22.9 Å². The van der Waals surface area contributed by atoms with Crippen molar-refractivity contribution in [1.82, 2.24) is 9.13 Å². The van der Waals surface area contributed by atoms with E-state index in [1.165, 1.54) is 23.8 Å². The molecule has 0 atom stereocenters. The number of carbonyl (C=O) groups is 1. The van der Waals surface area contributed by atoms with E-state index in [4.69, 9.17) is 4.42 Å². The van der Waals surface area contributed by atoms with Gasteiger partial charge in [-0.15, -0.1) is 0 Å². The van der Waals surface area contributed by atoms with Gasteiger partial charge in [0, 0.05) is 25.7 Å². The van der Waals surface area contributed by atoms with E-state index in [1.807, 2.05) is 6.92 Å². The molecule has 0 radical (unpaired) electrons. The Kier molecular flexibility index (Phi) is 4.90. The Labute approximate surface area is 175 Å². The highest BCUT2D eigenvalue weighted by molar-refractivity contribution is 6.19. The van der Waals surface area contributed by atoms with E-state index in [0.717, 1.165) is 4.57 Å². The number of para-hydroxylation sites is 1. The fraction of sp³-hybridized carbons (Fsp3) is 0.190. The average Bonchev–Trinajstić information content (AvgIpc) is 3.35. The minimum atomic E-state index is -0.673. The summed E-state index contributed by atoms with van der Waals surface area (Å²) in [5, 5.41) is 14.1. The quantitative estimate of drug-likeness (QED) is 0.380. The van der Waals surface area contributed by atoms with Gasteiger partial charge in [-0.25, -0.2) is 4.79 Å². The van der Waals surface area contributed by atoms with Crippen LogP contribution in [0.5, 0.6) is 0 Å². The van der Waals surface area contributed by atoms with Gasteiger partial charge in [0.05, 0.1) is 16.2 Å². The number of anilines is 1. The smallest absolute Gasteiger partial charge is 0.332 e. The summed E-state index contributed by atoms with van der Waals surface area (Å²) in [6.07, 6.45) is 2.04. The molecule has 31 heavy (non-hydrogen) atoms. The van der Waals surface area contributed by atoms with Crippen LogP contribution in [0.25, 0.3) is 17.4 Å². The standard InChI is InChI=1S/C21H18N4O6/c1-3-10-24-19-17(20(27)23(2)21(24)28)18(26)14(22-19)11-12-8-9-16(31-12)13-6-4-5-7-15(13)25(29)30/h4-9,11,22H,3,10H2,1-2H3/b14-11-. The van der Waals surface area contributed by atoms with Gasteiger partial charge >= 0.3 is 5.69 Å². The number of ketones is 1. The lowest BCUT2D eigenvalue weighted by Gasteiger charge is -2.11. The van der Waals surface area contributed by atoms with E-state index in [1.54, 1.807) is 30.3 Å². The maximum atomic E-state index is 12.9. The van der Waals surface area contributed by atoms with Gasteiger partial charge in [0.25, 0.3) is 11.2 Å². The van der Waals surface area contributed by atoms with E-state index >= 15 is 0 Å². The molecule has 158 valence electrons. The number of nitro benzene ring substituents is 1. The third-order valence-corrected chi connectivity index (χ3v) is 4.99. The van der Waals surface area contributed by atoms with Crippen molar-refractivity contribution in [1.29, 1.82) is 0 Å². The van der Waals surface area contributed by atoms with Crippen molar-refractivity contribution in [2.24, 2.45) is 7.05 Å². The van der Waals surface area contributed by atoms with Crippen molar-refractivity contribution in [3.8, 4) is 11.3 Å². The molecule has 0 saturated carbocycles. The third kappa shape index (κ3) is 3.27. The predicted molar refractivity (Wildman–Crippen MR) is 113 cm³/mol. The average molecular weight is 422 g/mol. The highest BCUT2D eigenvalue weighted by Crippen LogP contribution is 2.32. The number of allylic oxidation sites excluding steroid dienone is 1. The van der Waals surface area contributed by atoms with Crippen molar-refractivity contribution >= 4 is 23.4 Å². The number of Topliss-reactive ketones (excluding diaryl/α,β-unsaturated/α-hetero) is 1. The van der Waals surface area contributed by atoms with Crippen LogP contribution in [0.1, 0.15) is 29.5 Å². The number of carbonyl (C=O) groups excluding carboxylic acids is 1. The van der Waals surface area contributed by atoms with Gasteiger partial charge in [-0.1, -0.05) is 19.1 Å². The number of hydrogen-bond acceptors (Lipinski definition) is 7. The van der Waals surface area contributed by atoms with E-state index in [0.29, 0.717) is 18.5 Å². The van der Waals surface area contributed by atoms with Crippen molar-refractivity contribution in [2.75, 3.05) is 5.32 Å². The highest BCUT2D eigenvalue weighted by Gasteiger charge is 2.32. The third-order valence-electron chi connectivity index (χ3n) is 4.99. The Morgan fingerprint density at radius 2 is 1.90 bits per heavy atom. The SMILES string of the molecule is CCCn1c2c(c(=O)n(C)c1=O)C(=O)/C(=C/c1ccc(-c3ccccc3[N+](=O)[O-])o1)N2. The number of fused-ring (bicyclic) bond motifs is 1. The maximum Gasteiger partial charge on any atom is 0.332 e. The van der Waals surface area contributed by atoms with Crippen LogP contribution in [0.3, 0.4) is 0 Å². The molecule has 1 aliphatic heterocycles. The summed E-state index contributed by atoms with van der Waals surface area (Å²) < 4.78 is 7.97. The topological polar surface area (TPSA) is 129 Å². The summed E-state index contributed by atoms with van der Waals surface area (Å²) in [5.74, 6) is 0.139. The molecule has 0 saturated heterocycles. The zero-order chi connectivity index (χ0) is 22.3. The van der Waals surface area contributed by atoms with Crippen LogP contribution >= 0.6 is 0 Å². The molecule has 10 nitrogen and oxygen atoms in total. The second kappa shape index (κ2) is 7.56. The Balaban J connectivity index is 1.75. The van der Waals surface area contributed by atoms with Crippen LogP contribution in [0.15, 0.2) is 56.1 Å². The first-order chi connectivity index (χ1) is 14.8.